The molecule has 0 saturated carbocycles. The van der Waals surface area contributed by atoms with Crippen molar-refractivity contribution in [2.45, 2.75) is 0 Å². The number of hydrogen-bond donors (Lipinski definition) is 1. The zero-order valence-electron chi connectivity index (χ0n) is 15.4. The van der Waals surface area contributed by atoms with Gasteiger partial charge in [0.25, 0.3) is 11.6 Å². The smallest absolute Gasteiger partial charge is 0.270 e. The first kappa shape index (κ1) is 18.4. The first-order chi connectivity index (χ1) is 14.6. The number of hydrogen-bond acceptors (Lipinski definition) is 6. The molecule has 0 radical (unpaired) electrons. The second-order valence-corrected chi connectivity index (χ2v) is 8.55. The lowest BCUT2D eigenvalue weighted by molar-refractivity contribution is -0.384. The number of non-ortho nitro benzene ring substituents is 1. The van der Waals surface area contributed by atoms with E-state index >= 15 is 0 Å². The average molecular weight is 431 g/mol. The number of carbonyl (C=O) groups excluding carboxylic acids is 1. The Hall–Kier alpha value is -3.62. The van der Waals surface area contributed by atoms with Gasteiger partial charge in [-0.1, -0.05) is 42.5 Å². The minimum atomic E-state index is -0.443. The number of amides is 1. The van der Waals surface area contributed by atoms with Gasteiger partial charge < -0.3 is 0 Å². The van der Waals surface area contributed by atoms with Crippen molar-refractivity contribution in [3.05, 3.63) is 87.1 Å². The van der Waals surface area contributed by atoms with Crippen LogP contribution in [0.5, 0.6) is 0 Å². The number of aromatic nitrogens is 1. The maximum atomic E-state index is 12.7. The van der Waals surface area contributed by atoms with Crippen LogP contribution >= 0.6 is 22.7 Å². The predicted molar refractivity (Wildman–Crippen MR) is 121 cm³/mol. The molecule has 0 aliphatic rings. The van der Waals surface area contributed by atoms with Gasteiger partial charge in [0, 0.05) is 33.2 Å². The van der Waals surface area contributed by atoms with Crippen molar-refractivity contribution in [2.24, 2.45) is 0 Å². The number of anilines is 1. The van der Waals surface area contributed by atoms with Crippen LogP contribution in [-0.2, 0) is 0 Å². The summed E-state index contributed by atoms with van der Waals surface area (Å²) in [6.45, 7) is 0. The van der Waals surface area contributed by atoms with Gasteiger partial charge in [0.05, 0.1) is 15.5 Å². The SMILES string of the molecule is O=C(Nc1nc(-c2cccc3ccccc23)cs1)c1cc2cc([N+](=O)[O-])ccc2s1. The molecule has 0 aliphatic carbocycles. The zero-order chi connectivity index (χ0) is 20.7. The van der Waals surface area contributed by atoms with Gasteiger partial charge in [0.2, 0.25) is 0 Å². The molecule has 3 aromatic carbocycles. The third kappa shape index (κ3) is 3.32. The maximum absolute atomic E-state index is 12.7. The van der Waals surface area contributed by atoms with Crippen LogP contribution in [0.15, 0.2) is 72.1 Å². The number of thiophene rings is 1. The van der Waals surface area contributed by atoms with E-state index < -0.39 is 4.92 Å². The van der Waals surface area contributed by atoms with E-state index in [1.165, 1.54) is 34.8 Å². The fourth-order valence-electron chi connectivity index (χ4n) is 3.32. The van der Waals surface area contributed by atoms with E-state index in [9.17, 15) is 14.9 Å². The number of carbonyl (C=O) groups is 1. The van der Waals surface area contributed by atoms with Crippen molar-refractivity contribution in [3.63, 3.8) is 0 Å². The summed E-state index contributed by atoms with van der Waals surface area (Å²) in [5.41, 5.74) is 1.82. The van der Waals surface area contributed by atoms with Gasteiger partial charge in [-0.3, -0.25) is 20.2 Å². The van der Waals surface area contributed by atoms with Gasteiger partial charge in [-0.15, -0.1) is 22.7 Å². The number of nitro benzene ring substituents is 1. The quantitative estimate of drug-likeness (QED) is 0.266. The fourth-order valence-corrected chi connectivity index (χ4v) is 4.96. The van der Waals surface area contributed by atoms with Gasteiger partial charge in [0.15, 0.2) is 5.13 Å². The standard InChI is InChI=1S/C22H13N3O3S2/c26-21(20-11-14-10-15(25(27)28)8-9-19(14)30-20)24-22-23-18(12-29-22)17-7-3-5-13-4-1-2-6-16(13)17/h1-12H,(H,23,24,26). The molecule has 0 aliphatic heterocycles. The van der Waals surface area contributed by atoms with Crippen LogP contribution in [-0.4, -0.2) is 15.8 Å². The molecule has 8 heteroatoms. The second-order valence-electron chi connectivity index (χ2n) is 6.61. The van der Waals surface area contributed by atoms with Gasteiger partial charge in [0.1, 0.15) is 0 Å². The van der Waals surface area contributed by atoms with Crippen molar-refractivity contribution >= 4 is 60.3 Å². The van der Waals surface area contributed by atoms with E-state index in [1.54, 1.807) is 12.1 Å². The summed E-state index contributed by atoms with van der Waals surface area (Å²) >= 11 is 2.65. The Morgan fingerprint density at radius 1 is 1.00 bits per heavy atom. The van der Waals surface area contributed by atoms with E-state index in [-0.39, 0.29) is 11.6 Å². The summed E-state index contributed by atoms with van der Waals surface area (Å²) < 4.78 is 0.821. The van der Waals surface area contributed by atoms with E-state index in [2.05, 4.69) is 28.5 Å². The van der Waals surface area contributed by atoms with Crippen molar-refractivity contribution in [1.82, 2.24) is 4.98 Å². The number of nitrogens with zero attached hydrogens (tertiary/aromatic N) is 2. The molecule has 1 amide bonds. The van der Waals surface area contributed by atoms with Crippen LogP contribution in [0.4, 0.5) is 10.8 Å². The third-order valence-electron chi connectivity index (χ3n) is 4.72. The topological polar surface area (TPSA) is 85.1 Å². The Bertz CT molecular complexity index is 1430. The van der Waals surface area contributed by atoms with E-state index in [0.717, 1.165) is 26.7 Å². The number of benzene rings is 3. The van der Waals surface area contributed by atoms with Crippen LogP contribution < -0.4 is 5.32 Å². The fraction of sp³-hybridized carbons (Fsp3) is 0. The van der Waals surface area contributed by atoms with Crippen molar-refractivity contribution < 1.29 is 9.72 Å². The summed E-state index contributed by atoms with van der Waals surface area (Å²) in [5.74, 6) is -0.280. The lowest BCUT2D eigenvalue weighted by atomic mass is 10.0. The normalized spacial score (nSPS) is 11.1. The molecule has 0 spiro atoms. The molecule has 0 bridgehead atoms. The predicted octanol–water partition coefficient (Wildman–Crippen LogP) is 6.34. The Kier molecular flexibility index (Phi) is 4.50. The van der Waals surface area contributed by atoms with Crippen molar-refractivity contribution in [2.75, 3.05) is 5.32 Å². The molecular weight excluding hydrogens is 418 g/mol. The summed E-state index contributed by atoms with van der Waals surface area (Å²) in [5, 5.41) is 19.1. The third-order valence-corrected chi connectivity index (χ3v) is 6.60. The largest absolute Gasteiger partial charge is 0.297 e. The molecule has 146 valence electrons. The highest BCUT2D eigenvalue weighted by molar-refractivity contribution is 7.21. The number of nitro groups is 1. The molecular formula is C22H13N3O3S2. The number of thiazole rings is 1. The highest BCUT2D eigenvalue weighted by Gasteiger charge is 2.15. The molecule has 30 heavy (non-hydrogen) atoms. The monoisotopic (exact) mass is 431 g/mol. The van der Waals surface area contributed by atoms with Crippen LogP contribution in [0.3, 0.4) is 0 Å². The highest BCUT2D eigenvalue weighted by Crippen LogP contribution is 2.32. The second kappa shape index (κ2) is 7.33. The number of rotatable bonds is 4. The van der Waals surface area contributed by atoms with Gasteiger partial charge in [-0.2, -0.15) is 0 Å². The molecule has 0 unspecified atom stereocenters. The van der Waals surface area contributed by atoms with E-state index in [1.807, 2.05) is 29.6 Å². The van der Waals surface area contributed by atoms with E-state index in [4.69, 9.17) is 0 Å². The lowest BCUT2D eigenvalue weighted by Crippen LogP contribution is -2.09. The Labute approximate surface area is 178 Å². The highest BCUT2D eigenvalue weighted by atomic mass is 32.1. The minimum absolute atomic E-state index is 0.00640. The first-order valence-corrected chi connectivity index (χ1v) is 10.7. The Balaban J connectivity index is 1.41. The molecule has 6 nitrogen and oxygen atoms in total. The average Bonchev–Trinajstić information content (AvgIpc) is 3.39. The van der Waals surface area contributed by atoms with Gasteiger partial charge in [-0.05, 0) is 22.9 Å². The number of nitrogens with one attached hydrogen (secondary N) is 1. The van der Waals surface area contributed by atoms with Crippen LogP contribution in [0.25, 0.3) is 32.1 Å². The van der Waals surface area contributed by atoms with Crippen LogP contribution in [0.2, 0.25) is 0 Å². The van der Waals surface area contributed by atoms with Gasteiger partial charge in [-0.25, -0.2) is 4.98 Å². The number of fused-ring (bicyclic) bond motifs is 2. The lowest BCUT2D eigenvalue weighted by Gasteiger charge is -2.03. The molecule has 2 heterocycles. The Morgan fingerprint density at radius 2 is 1.83 bits per heavy atom. The first-order valence-electron chi connectivity index (χ1n) is 9.01. The molecule has 1 N–H and O–H groups in total. The molecule has 2 aromatic heterocycles. The summed E-state index contributed by atoms with van der Waals surface area (Å²) in [6.07, 6.45) is 0. The summed E-state index contributed by atoms with van der Waals surface area (Å²) in [4.78, 5) is 28.3. The van der Waals surface area contributed by atoms with Gasteiger partial charge >= 0.3 is 0 Å². The molecule has 5 aromatic rings. The van der Waals surface area contributed by atoms with Crippen LogP contribution in [0, 0.1) is 10.1 Å². The summed E-state index contributed by atoms with van der Waals surface area (Å²) in [6, 6.07) is 20.4. The van der Waals surface area contributed by atoms with E-state index in [0.29, 0.717) is 15.4 Å². The molecule has 0 fully saturated rings. The maximum Gasteiger partial charge on any atom is 0.270 e. The summed E-state index contributed by atoms with van der Waals surface area (Å²) in [7, 11) is 0. The molecule has 0 atom stereocenters. The van der Waals surface area contributed by atoms with Crippen molar-refractivity contribution in [3.8, 4) is 11.3 Å². The minimum Gasteiger partial charge on any atom is -0.297 e. The van der Waals surface area contributed by atoms with Crippen LogP contribution in [0.1, 0.15) is 9.67 Å². The Morgan fingerprint density at radius 3 is 2.70 bits per heavy atom. The molecule has 0 saturated heterocycles. The van der Waals surface area contributed by atoms with Crippen molar-refractivity contribution in [1.29, 1.82) is 0 Å². The zero-order valence-corrected chi connectivity index (χ0v) is 17.0. The molecule has 5 rings (SSSR count).